The molecule has 0 radical (unpaired) electrons. The van der Waals surface area contributed by atoms with Crippen molar-refractivity contribution < 1.29 is 0 Å². The number of nitrogens with zero attached hydrogens (tertiary/aromatic N) is 1. The fourth-order valence-corrected chi connectivity index (χ4v) is 4.83. The average molecular weight is 304 g/mol. The lowest BCUT2D eigenvalue weighted by Gasteiger charge is -2.22. The predicted octanol–water partition coefficient (Wildman–Crippen LogP) is 3.73. The van der Waals surface area contributed by atoms with E-state index in [2.05, 4.69) is 45.2 Å². The fraction of sp³-hybridized carbons (Fsp3) is 0.500. The van der Waals surface area contributed by atoms with Crippen LogP contribution >= 0.6 is 22.7 Å². The zero-order chi connectivity index (χ0) is 13.4. The molecule has 1 atom stereocenters. The van der Waals surface area contributed by atoms with Gasteiger partial charge in [-0.05, 0) is 42.2 Å². The molecule has 0 spiro atoms. The molecule has 0 amide bonds. The molecule has 20 heavy (non-hydrogen) atoms. The summed E-state index contributed by atoms with van der Waals surface area (Å²) in [7, 11) is 0. The molecule has 106 valence electrons. The Labute approximate surface area is 128 Å². The number of hydrogen-bond acceptors (Lipinski definition) is 4. The minimum absolute atomic E-state index is 0.388. The zero-order valence-electron chi connectivity index (χ0n) is 11.5. The third-order valence-corrected chi connectivity index (χ3v) is 6.22. The Bertz CT molecular complexity index is 497. The van der Waals surface area contributed by atoms with Gasteiger partial charge in [0.2, 0.25) is 0 Å². The summed E-state index contributed by atoms with van der Waals surface area (Å²) in [5.41, 5.74) is 0. The zero-order valence-corrected chi connectivity index (χ0v) is 13.1. The first kappa shape index (κ1) is 13.0. The van der Waals surface area contributed by atoms with Crippen LogP contribution in [-0.4, -0.2) is 30.1 Å². The Morgan fingerprint density at radius 2 is 1.75 bits per heavy atom. The maximum absolute atomic E-state index is 3.91. The molecule has 4 rings (SSSR count). The van der Waals surface area contributed by atoms with Crippen molar-refractivity contribution >= 4 is 22.7 Å². The van der Waals surface area contributed by atoms with Gasteiger partial charge in [0.25, 0.3) is 0 Å². The third kappa shape index (κ3) is 2.70. The first-order valence-electron chi connectivity index (χ1n) is 7.47. The van der Waals surface area contributed by atoms with Crippen LogP contribution in [0.2, 0.25) is 0 Å². The van der Waals surface area contributed by atoms with E-state index in [-0.39, 0.29) is 0 Å². The van der Waals surface area contributed by atoms with Crippen LogP contribution in [0.3, 0.4) is 0 Å². The Kier molecular flexibility index (Phi) is 3.65. The van der Waals surface area contributed by atoms with E-state index in [1.165, 1.54) is 42.1 Å². The molecule has 1 aliphatic carbocycles. The monoisotopic (exact) mass is 304 g/mol. The number of hydrogen-bond donors (Lipinski definition) is 1. The lowest BCUT2D eigenvalue weighted by atomic mass is 10.1. The van der Waals surface area contributed by atoms with Gasteiger partial charge in [-0.3, -0.25) is 4.90 Å². The molecule has 3 heterocycles. The number of rotatable bonds is 5. The summed E-state index contributed by atoms with van der Waals surface area (Å²) in [6.07, 6.45) is 4.14. The van der Waals surface area contributed by atoms with Crippen molar-refractivity contribution in [2.45, 2.75) is 37.4 Å². The number of thiophene rings is 2. The standard InChI is InChI=1S/C16H20N2S2/c1-3-14(19-9-1)16(15-4-2-10-20-15)17-12-7-8-18(11-12)13-5-6-13/h1-4,9-10,12-13,16-17H,5-8,11H2. The molecule has 1 saturated carbocycles. The van der Waals surface area contributed by atoms with Crippen molar-refractivity contribution in [3.05, 3.63) is 44.8 Å². The third-order valence-electron chi connectivity index (χ3n) is 4.34. The second-order valence-electron chi connectivity index (χ2n) is 5.84. The summed E-state index contributed by atoms with van der Waals surface area (Å²) in [4.78, 5) is 5.56. The van der Waals surface area contributed by atoms with Gasteiger partial charge < -0.3 is 5.32 Å². The van der Waals surface area contributed by atoms with Gasteiger partial charge in [0.1, 0.15) is 0 Å². The van der Waals surface area contributed by atoms with Crippen LogP contribution in [0.5, 0.6) is 0 Å². The van der Waals surface area contributed by atoms with Crippen LogP contribution in [0, 0.1) is 0 Å². The Morgan fingerprint density at radius 3 is 2.30 bits per heavy atom. The number of likely N-dealkylation sites (tertiary alicyclic amines) is 1. The lowest BCUT2D eigenvalue weighted by Crippen LogP contribution is -2.35. The van der Waals surface area contributed by atoms with Gasteiger partial charge in [0.15, 0.2) is 0 Å². The van der Waals surface area contributed by atoms with Crippen LogP contribution in [0.4, 0.5) is 0 Å². The van der Waals surface area contributed by atoms with E-state index in [9.17, 15) is 0 Å². The maximum atomic E-state index is 3.91. The maximum Gasteiger partial charge on any atom is 0.0767 e. The van der Waals surface area contributed by atoms with Gasteiger partial charge in [-0.15, -0.1) is 22.7 Å². The highest BCUT2D eigenvalue weighted by Gasteiger charge is 2.35. The Hall–Kier alpha value is -0.680. The molecule has 1 unspecified atom stereocenters. The van der Waals surface area contributed by atoms with E-state index in [0.717, 1.165) is 6.04 Å². The van der Waals surface area contributed by atoms with Crippen molar-refractivity contribution in [1.29, 1.82) is 0 Å². The summed E-state index contributed by atoms with van der Waals surface area (Å²) < 4.78 is 0. The van der Waals surface area contributed by atoms with Gasteiger partial charge in [0.05, 0.1) is 6.04 Å². The molecule has 1 aliphatic heterocycles. The molecule has 2 aromatic heterocycles. The van der Waals surface area contributed by atoms with Crippen molar-refractivity contribution in [2.75, 3.05) is 13.1 Å². The van der Waals surface area contributed by atoms with Gasteiger partial charge in [-0.2, -0.15) is 0 Å². The smallest absolute Gasteiger partial charge is 0.0767 e. The molecular weight excluding hydrogens is 284 g/mol. The largest absolute Gasteiger partial charge is 0.301 e. The molecule has 2 nitrogen and oxygen atoms in total. The second-order valence-corrected chi connectivity index (χ2v) is 7.80. The quantitative estimate of drug-likeness (QED) is 0.905. The summed E-state index contributed by atoms with van der Waals surface area (Å²) in [6, 6.07) is 10.8. The van der Waals surface area contributed by atoms with E-state index in [0.29, 0.717) is 12.1 Å². The number of nitrogens with one attached hydrogen (secondary N) is 1. The second kappa shape index (κ2) is 5.60. The highest BCUT2D eigenvalue weighted by Crippen LogP contribution is 2.33. The molecule has 2 aliphatic rings. The topological polar surface area (TPSA) is 15.3 Å². The van der Waals surface area contributed by atoms with Crippen LogP contribution < -0.4 is 5.32 Å². The van der Waals surface area contributed by atoms with Crippen molar-refractivity contribution in [3.8, 4) is 0 Å². The van der Waals surface area contributed by atoms with E-state index >= 15 is 0 Å². The van der Waals surface area contributed by atoms with Crippen molar-refractivity contribution in [2.24, 2.45) is 0 Å². The molecule has 4 heteroatoms. The normalized spacial score (nSPS) is 23.8. The average Bonchev–Trinajstić information content (AvgIpc) is 2.97. The van der Waals surface area contributed by atoms with Gasteiger partial charge in [0, 0.05) is 34.9 Å². The fourth-order valence-electron chi connectivity index (χ4n) is 3.15. The van der Waals surface area contributed by atoms with E-state index in [1.807, 2.05) is 22.7 Å². The van der Waals surface area contributed by atoms with E-state index in [4.69, 9.17) is 0 Å². The van der Waals surface area contributed by atoms with Crippen molar-refractivity contribution in [3.63, 3.8) is 0 Å². The highest BCUT2D eigenvalue weighted by molar-refractivity contribution is 7.11. The SMILES string of the molecule is c1csc(C(NC2CCN(C3CC3)C2)c2cccs2)c1. The summed E-state index contributed by atoms with van der Waals surface area (Å²) in [5.74, 6) is 0. The van der Waals surface area contributed by atoms with Crippen LogP contribution in [0.15, 0.2) is 35.0 Å². The summed E-state index contributed by atoms with van der Waals surface area (Å²) in [5, 5.41) is 8.28. The van der Waals surface area contributed by atoms with Crippen molar-refractivity contribution in [1.82, 2.24) is 10.2 Å². The minimum atomic E-state index is 0.388. The molecular formula is C16H20N2S2. The van der Waals surface area contributed by atoms with Gasteiger partial charge in [-0.1, -0.05) is 12.1 Å². The minimum Gasteiger partial charge on any atom is -0.301 e. The van der Waals surface area contributed by atoms with Crippen LogP contribution in [-0.2, 0) is 0 Å². The first-order chi connectivity index (χ1) is 9.90. The van der Waals surface area contributed by atoms with Crippen LogP contribution in [0.25, 0.3) is 0 Å². The van der Waals surface area contributed by atoms with Crippen LogP contribution in [0.1, 0.15) is 35.1 Å². The Balaban J connectivity index is 1.48. The first-order valence-corrected chi connectivity index (χ1v) is 9.23. The molecule has 0 aromatic carbocycles. The molecule has 0 bridgehead atoms. The highest BCUT2D eigenvalue weighted by atomic mass is 32.1. The predicted molar refractivity (Wildman–Crippen MR) is 86.6 cm³/mol. The lowest BCUT2D eigenvalue weighted by molar-refractivity contribution is 0.315. The summed E-state index contributed by atoms with van der Waals surface area (Å²) >= 11 is 3.73. The van der Waals surface area contributed by atoms with Gasteiger partial charge in [-0.25, -0.2) is 0 Å². The summed E-state index contributed by atoms with van der Waals surface area (Å²) in [6.45, 7) is 2.52. The van der Waals surface area contributed by atoms with Gasteiger partial charge >= 0.3 is 0 Å². The van der Waals surface area contributed by atoms with E-state index < -0.39 is 0 Å². The molecule has 1 N–H and O–H groups in total. The Morgan fingerprint density at radius 1 is 1.05 bits per heavy atom. The molecule has 2 aromatic rings. The molecule has 1 saturated heterocycles. The van der Waals surface area contributed by atoms with E-state index in [1.54, 1.807) is 0 Å². The molecule has 2 fully saturated rings.